The van der Waals surface area contributed by atoms with Gasteiger partial charge in [-0.15, -0.1) is 0 Å². The molecule has 0 aliphatic heterocycles. The zero-order chi connectivity index (χ0) is 13.4. The first-order valence-electron chi connectivity index (χ1n) is 6.65. The van der Waals surface area contributed by atoms with E-state index in [2.05, 4.69) is 13.5 Å². The molecular weight excluding hydrogens is 244 g/mol. The zero-order valence-electron chi connectivity index (χ0n) is 11.4. The van der Waals surface area contributed by atoms with Gasteiger partial charge in [-0.25, -0.2) is 0 Å². The van der Waals surface area contributed by atoms with Crippen molar-refractivity contribution >= 4 is 11.6 Å². The Morgan fingerprint density at radius 3 is 2.50 bits per heavy atom. The molecule has 0 heterocycles. The van der Waals surface area contributed by atoms with Crippen molar-refractivity contribution in [3.63, 3.8) is 0 Å². The third kappa shape index (κ3) is 5.59. The molecule has 0 bridgehead atoms. The summed E-state index contributed by atoms with van der Waals surface area (Å²) < 4.78 is 6.01. The molecule has 1 aliphatic rings. The molecule has 1 fully saturated rings. The van der Waals surface area contributed by atoms with Gasteiger partial charge in [-0.05, 0) is 56.8 Å². The van der Waals surface area contributed by atoms with Crippen molar-refractivity contribution in [3.8, 4) is 0 Å². The predicted molar refractivity (Wildman–Crippen MR) is 79.5 cm³/mol. The van der Waals surface area contributed by atoms with Gasteiger partial charge in [0.05, 0.1) is 6.10 Å². The normalized spacial score (nSPS) is 26.4. The number of hydrogen-bond donors (Lipinski definition) is 0. The summed E-state index contributed by atoms with van der Waals surface area (Å²) in [5.41, 5.74) is 0. The first-order chi connectivity index (χ1) is 8.65. The van der Waals surface area contributed by atoms with Crippen LogP contribution in [-0.2, 0) is 4.74 Å². The number of allylic oxidation sites excluding steroid dienone is 6. The molecule has 0 N–H and O–H groups in total. The lowest BCUT2D eigenvalue weighted by Gasteiger charge is -2.27. The monoisotopic (exact) mass is 266 g/mol. The Hall–Kier alpha value is -0.950. The lowest BCUT2D eigenvalue weighted by molar-refractivity contribution is 0.0769. The second kappa shape index (κ2) is 8.20. The third-order valence-corrected chi connectivity index (χ3v) is 3.39. The van der Waals surface area contributed by atoms with Gasteiger partial charge in [0, 0.05) is 5.03 Å². The van der Waals surface area contributed by atoms with Crippen molar-refractivity contribution in [1.82, 2.24) is 0 Å². The van der Waals surface area contributed by atoms with Crippen LogP contribution >= 0.6 is 11.6 Å². The lowest BCUT2D eigenvalue weighted by atomic mass is 9.89. The van der Waals surface area contributed by atoms with Gasteiger partial charge in [-0.2, -0.15) is 0 Å². The number of hydrogen-bond acceptors (Lipinski definition) is 1. The smallest absolute Gasteiger partial charge is 0.120 e. The van der Waals surface area contributed by atoms with E-state index in [1.165, 1.54) is 12.8 Å². The van der Waals surface area contributed by atoms with Crippen molar-refractivity contribution in [3.05, 3.63) is 47.8 Å². The fraction of sp³-hybridized carbons (Fsp3) is 0.500. The molecule has 1 rings (SSSR count). The van der Waals surface area contributed by atoms with E-state index in [0.29, 0.717) is 11.1 Å². The van der Waals surface area contributed by atoms with Crippen molar-refractivity contribution in [2.24, 2.45) is 5.92 Å². The Morgan fingerprint density at radius 2 is 1.94 bits per heavy atom. The standard InChI is InChI=1S/C16H23ClO/c1-4-6-14(17)12-16(7-5-2)18-15-10-8-13(3)9-11-15/h4-7,12-13,15H,1,8-11H2,2-3H3/b7-5-,14-6-,16-12+. The van der Waals surface area contributed by atoms with E-state index in [1.54, 1.807) is 12.2 Å². The van der Waals surface area contributed by atoms with Crippen molar-refractivity contribution in [1.29, 1.82) is 0 Å². The van der Waals surface area contributed by atoms with Crippen LogP contribution in [0, 0.1) is 5.92 Å². The maximum Gasteiger partial charge on any atom is 0.120 e. The molecule has 0 aromatic rings. The van der Waals surface area contributed by atoms with Gasteiger partial charge in [0.2, 0.25) is 0 Å². The highest BCUT2D eigenvalue weighted by Gasteiger charge is 2.19. The minimum absolute atomic E-state index is 0.330. The van der Waals surface area contributed by atoms with Crippen molar-refractivity contribution in [2.45, 2.75) is 45.6 Å². The molecule has 1 aliphatic carbocycles. The van der Waals surface area contributed by atoms with Gasteiger partial charge in [0.15, 0.2) is 0 Å². The quantitative estimate of drug-likeness (QED) is 0.481. The summed E-state index contributed by atoms with van der Waals surface area (Å²) in [6.07, 6.45) is 14.3. The summed E-state index contributed by atoms with van der Waals surface area (Å²) in [6.45, 7) is 7.91. The average molecular weight is 267 g/mol. The molecule has 0 atom stereocenters. The van der Waals surface area contributed by atoms with Crippen molar-refractivity contribution in [2.75, 3.05) is 0 Å². The molecule has 1 nitrogen and oxygen atoms in total. The van der Waals surface area contributed by atoms with Crippen LogP contribution in [0.1, 0.15) is 39.5 Å². The van der Waals surface area contributed by atoms with Crippen LogP contribution in [0.15, 0.2) is 47.8 Å². The Balaban J connectivity index is 2.63. The summed E-state index contributed by atoms with van der Waals surface area (Å²) in [4.78, 5) is 0. The van der Waals surface area contributed by atoms with Crippen LogP contribution < -0.4 is 0 Å². The Labute approximate surface area is 116 Å². The third-order valence-electron chi connectivity index (χ3n) is 3.15. The van der Waals surface area contributed by atoms with E-state index in [0.717, 1.165) is 24.5 Å². The predicted octanol–water partition coefficient (Wildman–Crippen LogP) is 5.35. The van der Waals surface area contributed by atoms with Crippen LogP contribution in [0.2, 0.25) is 0 Å². The summed E-state index contributed by atoms with van der Waals surface area (Å²) >= 11 is 6.05. The van der Waals surface area contributed by atoms with Gasteiger partial charge in [0.25, 0.3) is 0 Å². The van der Waals surface area contributed by atoms with Crippen LogP contribution in [-0.4, -0.2) is 6.10 Å². The second-order valence-electron chi connectivity index (χ2n) is 4.83. The second-order valence-corrected chi connectivity index (χ2v) is 5.27. The van der Waals surface area contributed by atoms with Gasteiger partial charge in [-0.1, -0.05) is 37.3 Å². The highest BCUT2D eigenvalue weighted by molar-refractivity contribution is 6.31. The fourth-order valence-corrected chi connectivity index (χ4v) is 2.32. The highest BCUT2D eigenvalue weighted by atomic mass is 35.5. The summed E-state index contributed by atoms with van der Waals surface area (Å²) in [7, 11) is 0. The first-order valence-corrected chi connectivity index (χ1v) is 7.02. The molecular formula is C16H23ClO. The maximum atomic E-state index is 6.05. The van der Waals surface area contributed by atoms with Crippen LogP contribution in [0.5, 0.6) is 0 Å². The summed E-state index contributed by atoms with van der Waals surface area (Å²) in [5.74, 6) is 1.67. The molecule has 0 unspecified atom stereocenters. The number of halogens is 1. The lowest BCUT2D eigenvalue weighted by Crippen LogP contribution is -2.19. The largest absolute Gasteiger partial charge is 0.490 e. The molecule has 18 heavy (non-hydrogen) atoms. The molecule has 0 amide bonds. The molecule has 0 radical (unpaired) electrons. The molecule has 2 heteroatoms. The van der Waals surface area contributed by atoms with Gasteiger partial charge < -0.3 is 4.74 Å². The van der Waals surface area contributed by atoms with Gasteiger partial charge in [-0.3, -0.25) is 0 Å². The van der Waals surface area contributed by atoms with Crippen LogP contribution in [0.4, 0.5) is 0 Å². The highest BCUT2D eigenvalue weighted by Crippen LogP contribution is 2.27. The van der Waals surface area contributed by atoms with E-state index >= 15 is 0 Å². The Bertz CT molecular complexity index is 344. The summed E-state index contributed by atoms with van der Waals surface area (Å²) in [5, 5.41) is 0.641. The average Bonchev–Trinajstić information content (AvgIpc) is 2.32. The topological polar surface area (TPSA) is 9.23 Å². The van der Waals surface area contributed by atoms with E-state index in [-0.39, 0.29) is 0 Å². The van der Waals surface area contributed by atoms with E-state index in [4.69, 9.17) is 16.3 Å². The molecule has 1 saturated carbocycles. The molecule has 0 spiro atoms. The van der Waals surface area contributed by atoms with Gasteiger partial charge >= 0.3 is 0 Å². The first kappa shape index (κ1) is 15.1. The van der Waals surface area contributed by atoms with Crippen molar-refractivity contribution < 1.29 is 4.74 Å². The minimum atomic E-state index is 0.330. The molecule has 0 aromatic heterocycles. The van der Waals surface area contributed by atoms with Crippen LogP contribution in [0.3, 0.4) is 0 Å². The summed E-state index contributed by atoms with van der Waals surface area (Å²) in [6, 6.07) is 0. The zero-order valence-corrected chi connectivity index (χ0v) is 12.1. The molecule has 100 valence electrons. The SMILES string of the molecule is C=C/C=C(Cl)/C=C(\C=C/C)OC1CCC(C)CC1. The van der Waals surface area contributed by atoms with E-state index in [1.807, 2.05) is 25.2 Å². The Kier molecular flexibility index (Phi) is 6.89. The van der Waals surface area contributed by atoms with E-state index < -0.39 is 0 Å². The fourth-order valence-electron chi connectivity index (χ4n) is 2.12. The van der Waals surface area contributed by atoms with Crippen LogP contribution in [0.25, 0.3) is 0 Å². The number of rotatable bonds is 5. The van der Waals surface area contributed by atoms with E-state index in [9.17, 15) is 0 Å². The molecule has 0 saturated heterocycles. The molecule has 0 aromatic carbocycles. The maximum absolute atomic E-state index is 6.05. The number of ether oxygens (including phenoxy) is 1. The van der Waals surface area contributed by atoms with Gasteiger partial charge in [0.1, 0.15) is 5.76 Å². The minimum Gasteiger partial charge on any atom is -0.490 e. The Morgan fingerprint density at radius 1 is 1.28 bits per heavy atom.